The number of aliphatic carboxylic acids is 1. The zero-order valence-electron chi connectivity index (χ0n) is 26.4. The molecule has 1 aliphatic carbocycles. The average Bonchev–Trinajstić information content (AvgIpc) is 3.42. The smallest absolute Gasteiger partial charge is 0.407 e. The number of azide groups is 1. The highest BCUT2D eigenvalue weighted by atomic mass is 31.2. The third-order valence-electron chi connectivity index (χ3n) is 8.35. The number of hydrogen-bond acceptors (Lipinski definition) is 6. The molecule has 0 saturated heterocycles. The quantitative estimate of drug-likeness (QED) is 0.0551. The van der Waals surface area contributed by atoms with Gasteiger partial charge < -0.3 is 19.7 Å². The van der Waals surface area contributed by atoms with E-state index in [-0.39, 0.29) is 42.7 Å². The van der Waals surface area contributed by atoms with Gasteiger partial charge in [-0.15, -0.1) is 0 Å². The molecule has 0 bridgehead atoms. The molecule has 5 aromatic rings. The molecule has 0 unspecified atom stereocenters. The highest BCUT2D eigenvalue weighted by Crippen LogP contribution is 2.55. The van der Waals surface area contributed by atoms with Gasteiger partial charge in [-0.25, -0.2) is 9.59 Å². The lowest BCUT2D eigenvalue weighted by atomic mass is 9.98. The lowest BCUT2D eigenvalue weighted by Crippen LogP contribution is -2.42. The Morgan fingerprint density at radius 3 is 1.90 bits per heavy atom. The van der Waals surface area contributed by atoms with Gasteiger partial charge in [-0.3, -0.25) is 4.57 Å². The summed E-state index contributed by atoms with van der Waals surface area (Å²) in [4.78, 5) is 28.0. The second-order valence-electron chi connectivity index (χ2n) is 11.7. The minimum absolute atomic E-state index is 0.0330. The summed E-state index contributed by atoms with van der Waals surface area (Å²) in [6.07, 6.45) is -0.719. The van der Waals surface area contributed by atoms with Crippen LogP contribution in [-0.2, 0) is 32.8 Å². The van der Waals surface area contributed by atoms with Crippen molar-refractivity contribution in [1.82, 2.24) is 5.32 Å². The van der Waals surface area contributed by atoms with Crippen molar-refractivity contribution in [3.05, 3.63) is 166 Å². The molecule has 11 heteroatoms. The van der Waals surface area contributed by atoms with E-state index in [9.17, 15) is 24.8 Å². The topological polar surface area (TPSA) is 151 Å². The van der Waals surface area contributed by atoms with Crippen LogP contribution in [0.25, 0.3) is 21.6 Å². The summed E-state index contributed by atoms with van der Waals surface area (Å²) >= 11 is 0. The van der Waals surface area contributed by atoms with Crippen LogP contribution >= 0.6 is 7.37 Å². The molecule has 1 atom stereocenters. The van der Waals surface area contributed by atoms with E-state index in [0.29, 0.717) is 5.56 Å². The standard InChI is InChI=1S/C38H33N4O6P/c39-42-41-34-21-28(19-20-36(34)48-49(46,24-26-11-3-1-4-12-26)25-27-13-5-2-6-14-27)22-35(37(43)44)40-38(45)47-23-33-31-17-9-7-15-29(31)30-16-8-10-18-32(30)33/h1-21,33,35H,22-25H2,(H,40,45)(H,43,44)/t35-/m0/s1. The van der Waals surface area contributed by atoms with E-state index >= 15 is 0 Å². The second-order valence-corrected chi connectivity index (χ2v) is 14.2. The number of carboxylic acid groups (broad SMARTS) is 1. The van der Waals surface area contributed by atoms with Crippen LogP contribution in [0.5, 0.6) is 5.75 Å². The average molecular weight is 673 g/mol. The summed E-state index contributed by atoms with van der Waals surface area (Å²) in [7, 11) is -3.42. The Hall–Kier alpha value is -5.82. The molecule has 0 spiro atoms. The summed E-state index contributed by atoms with van der Waals surface area (Å²) in [6.45, 7) is 0.0330. The van der Waals surface area contributed by atoms with Crippen molar-refractivity contribution in [2.24, 2.45) is 5.11 Å². The van der Waals surface area contributed by atoms with E-state index in [4.69, 9.17) is 9.26 Å². The van der Waals surface area contributed by atoms with E-state index in [1.165, 1.54) is 12.1 Å². The van der Waals surface area contributed by atoms with Gasteiger partial charge in [-0.1, -0.05) is 120 Å². The number of amides is 1. The van der Waals surface area contributed by atoms with Gasteiger partial charge >= 0.3 is 12.1 Å². The number of carbonyl (C=O) groups is 2. The molecular formula is C38H33N4O6P. The number of carboxylic acids is 1. The van der Waals surface area contributed by atoms with Crippen molar-refractivity contribution in [3.8, 4) is 16.9 Å². The molecule has 1 aliphatic rings. The number of nitrogens with zero attached hydrogens (tertiary/aromatic N) is 3. The maximum atomic E-state index is 14.3. The molecule has 0 aromatic heterocycles. The molecule has 246 valence electrons. The monoisotopic (exact) mass is 672 g/mol. The number of hydrogen-bond donors (Lipinski definition) is 2. The molecule has 0 saturated carbocycles. The van der Waals surface area contributed by atoms with E-state index in [1.807, 2.05) is 109 Å². The number of nitrogens with one attached hydrogen (secondary N) is 1. The number of rotatable bonds is 13. The van der Waals surface area contributed by atoms with Gasteiger partial charge in [0.15, 0.2) is 0 Å². The fraction of sp³-hybridized carbons (Fsp3) is 0.158. The van der Waals surface area contributed by atoms with Gasteiger partial charge in [0.1, 0.15) is 18.4 Å². The van der Waals surface area contributed by atoms with Crippen LogP contribution in [0.15, 0.2) is 133 Å². The molecule has 0 fully saturated rings. The largest absolute Gasteiger partial charge is 0.480 e. The molecule has 2 N–H and O–H groups in total. The fourth-order valence-electron chi connectivity index (χ4n) is 6.13. The Balaban J connectivity index is 1.16. The first-order valence-electron chi connectivity index (χ1n) is 15.7. The number of alkyl carbamates (subject to hydrolysis) is 1. The Labute approximate surface area is 283 Å². The molecule has 0 heterocycles. The van der Waals surface area contributed by atoms with Gasteiger partial charge in [0.05, 0.1) is 18.0 Å². The molecule has 0 aliphatic heterocycles. The van der Waals surface area contributed by atoms with Crippen molar-refractivity contribution in [2.75, 3.05) is 6.61 Å². The van der Waals surface area contributed by atoms with E-state index < -0.39 is 25.5 Å². The minimum Gasteiger partial charge on any atom is -0.480 e. The lowest BCUT2D eigenvalue weighted by molar-refractivity contribution is -0.139. The second kappa shape index (κ2) is 14.9. The van der Waals surface area contributed by atoms with Crippen LogP contribution in [0.4, 0.5) is 10.5 Å². The van der Waals surface area contributed by atoms with Gasteiger partial charge in [-0.05, 0) is 56.6 Å². The van der Waals surface area contributed by atoms with Gasteiger partial charge in [0, 0.05) is 17.3 Å². The predicted molar refractivity (Wildman–Crippen MR) is 187 cm³/mol. The first-order valence-corrected chi connectivity index (χ1v) is 17.7. The first kappa shape index (κ1) is 33.1. The maximum absolute atomic E-state index is 14.3. The van der Waals surface area contributed by atoms with Crippen LogP contribution in [0.1, 0.15) is 33.7 Å². The number of fused-ring (bicyclic) bond motifs is 3. The lowest BCUT2D eigenvalue weighted by Gasteiger charge is -2.22. The number of ether oxygens (including phenoxy) is 1. The normalized spacial score (nSPS) is 12.6. The number of carbonyl (C=O) groups excluding carboxylic acids is 1. The molecule has 6 rings (SSSR count). The maximum Gasteiger partial charge on any atom is 0.407 e. The summed E-state index contributed by atoms with van der Waals surface area (Å²) in [6, 6.07) is 37.7. The third kappa shape index (κ3) is 8.01. The van der Waals surface area contributed by atoms with Crippen molar-refractivity contribution < 1.29 is 28.5 Å². The van der Waals surface area contributed by atoms with Crippen molar-refractivity contribution in [1.29, 1.82) is 0 Å². The van der Waals surface area contributed by atoms with Crippen molar-refractivity contribution >= 4 is 25.1 Å². The summed E-state index contributed by atoms with van der Waals surface area (Å²) < 4.78 is 26.1. The fourth-order valence-corrected chi connectivity index (χ4v) is 8.42. The minimum atomic E-state index is -3.42. The first-order chi connectivity index (χ1) is 23.8. The number of benzene rings is 5. The van der Waals surface area contributed by atoms with Crippen LogP contribution < -0.4 is 9.84 Å². The van der Waals surface area contributed by atoms with E-state index in [1.54, 1.807) is 6.07 Å². The molecule has 10 nitrogen and oxygen atoms in total. The zero-order chi connectivity index (χ0) is 34.2. The van der Waals surface area contributed by atoms with Crippen LogP contribution in [-0.4, -0.2) is 29.8 Å². The molecular weight excluding hydrogens is 639 g/mol. The third-order valence-corrected chi connectivity index (χ3v) is 10.6. The Morgan fingerprint density at radius 2 is 1.35 bits per heavy atom. The Kier molecular flexibility index (Phi) is 10.1. The van der Waals surface area contributed by atoms with Crippen LogP contribution in [0.2, 0.25) is 0 Å². The highest BCUT2D eigenvalue weighted by molar-refractivity contribution is 7.57. The van der Waals surface area contributed by atoms with Gasteiger partial charge in [0.25, 0.3) is 7.37 Å². The zero-order valence-corrected chi connectivity index (χ0v) is 27.3. The molecule has 49 heavy (non-hydrogen) atoms. The van der Waals surface area contributed by atoms with Crippen molar-refractivity contribution in [2.45, 2.75) is 30.7 Å². The summed E-state index contributed by atoms with van der Waals surface area (Å²) in [5.41, 5.74) is 15.7. The van der Waals surface area contributed by atoms with Gasteiger partial charge in [-0.2, -0.15) is 0 Å². The highest BCUT2D eigenvalue weighted by Gasteiger charge is 2.31. The molecule has 0 radical (unpaired) electrons. The van der Waals surface area contributed by atoms with Gasteiger partial charge in [0.2, 0.25) is 0 Å². The Morgan fingerprint density at radius 1 is 0.796 bits per heavy atom. The predicted octanol–water partition coefficient (Wildman–Crippen LogP) is 9.22. The SMILES string of the molecule is [N-]=[N+]=Nc1cc(C[C@H](NC(=O)OCC2c3ccccc3-c3ccccc32)C(=O)O)ccc1OP(=O)(Cc1ccccc1)Cc1ccccc1. The summed E-state index contributed by atoms with van der Waals surface area (Å²) in [5.74, 6) is -1.34. The van der Waals surface area contributed by atoms with E-state index in [0.717, 1.165) is 33.4 Å². The summed E-state index contributed by atoms with van der Waals surface area (Å²) in [5, 5.41) is 16.2. The van der Waals surface area contributed by atoms with Crippen molar-refractivity contribution in [3.63, 3.8) is 0 Å². The van der Waals surface area contributed by atoms with E-state index in [2.05, 4.69) is 15.3 Å². The van der Waals surface area contributed by atoms with Crippen LogP contribution in [0.3, 0.4) is 0 Å². The molecule has 1 amide bonds. The Bertz CT molecular complexity index is 1980. The van der Waals surface area contributed by atoms with Crippen LogP contribution in [0, 0.1) is 0 Å². The molecule has 5 aromatic carbocycles.